The van der Waals surface area contributed by atoms with Crippen LogP contribution in [0.25, 0.3) is 0 Å². The number of piperidine rings is 1. The van der Waals surface area contributed by atoms with Crippen LogP contribution in [0.2, 0.25) is 5.02 Å². The molecule has 0 aromatic carbocycles. The van der Waals surface area contributed by atoms with Crippen molar-refractivity contribution in [3.63, 3.8) is 0 Å². The van der Waals surface area contributed by atoms with Gasteiger partial charge in [-0.3, -0.25) is 4.79 Å². The molecule has 5 heteroatoms. The molecule has 2 atom stereocenters. The van der Waals surface area contributed by atoms with Crippen molar-refractivity contribution in [3.8, 4) is 0 Å². The monoisotopic (exact) mass is 272 g/mol. The molecule has 0 saturated carbocycles. The second kappa shape index (κ2) is 5.38. The minimum atomic E-state index is 0.0513. The van der Waals surface area contributed by atoms with Crippen LogP contribution in [0.1, 0.15) is 23.0 Å². The Bertz CT molecular complexity index is 407. The molecule has 2 unspecified atom stereocenters. The Kier molecular flexibility index (Phi) is 4.07. The van der Waals surface area contributed by atoms with Crippen molar-refractivity contribution in [1.82, 2.24) is 4.90 Å². The third-order valence-corrected chi connectivity index (χ3v) is 4.84. The molecule has 0 bridgehead atoms. The Morgan fingerprint density at radius 1 is 1.71 bits per heavy atom. The van der Waals surface area contributed by atoms with E-state index in [-0.39, 0.29) is 5.91 Å². The van der Waals surface area contributed by atoms with Crippen LogP contribution in [-0.2, 0) is 0 Å². The number of thiophene rings is 1. The van der Waals surface area contributed by atoms with Crippen molar-refractivity contribution in [3.05, 3.63) is 21.3 Å². The van der Waals surface area contributed by atoms with Crippen LogP contribution >= 0.6 is 22.9 Å². The first-order chi connectivity index (χ1) is 8.13. The molecule has 2 N–H and O–H groups in total. The molecule has 2 rings (SSSR count). The molecular formula is C12H17ClN2OS. The van der Waals surface area contributed by atoms with E-state index in [1.807, 2.05) is 10.3 Å². The van der Waals surface area contributed by atoms with E-state index in [9.17, 15) is 4.79 Å². The van der Waals surface area contributed by atoms with Crippen LogP contribution in [0.4, 0.5) is 0 Å². The van der Waals surface area contributed by atoms with Crippen molar-refractivity contribution in [1.29, 1.82) is 0 Å². The molecule has 0 radical (unpaired) electrons. The van der Waals surface area contributed by atoms with E-state index in [1.54, 1.807) is 6.07 Å². The molecular weight excluding hydrogens is 256 g/mol. The third-order valence-electron chi connectivity index (χ3n) is 3.52. The van der Waals surface area contributed by atoms with Crippen LogP contribution in [0.15, 0.2) is 11.4 Å². The van der Waals surface area contributed by atoms with E-state index in [4.69, 9.17) is 17.3 Å². The molecule has 0 spiro atoms. The minimum Gasteiger partial charge on any atom is -0.338 e. The van der Waals surface area contributed by atoms with Crippen LogP contribution in [0.3, 0.4) is 0 Å². The summed E-state index contributed by atoms with van der Waals surface area (Å²) in [5, 5.41) is 2.41. The summed E-state index contributed by atoms with van der Waals surface area (Å²) < 4.78 is 0. The van der Waals surface area contributed by atoms with Crippen molar-refractivity contribution in [2.24, 2.45) is 17.6 Å². The van der Waals surface area contributed by atoms with Crippen LogP contribution in [0, 0.1) is 11.8 Å². The lowest BCUT2D eigenvalue weighted by Crippen LogP contribution is -2.45. The number of hydrogen-bond donors (Lipinski definition) is 1. The topological polar surface area (TPSA) is 46.3 Å². The number of nitrogens with zero attached hydrogens (tertiary/aromatic N) is 1. The fourth-order valence-electron chi connectivity index (χ4n) is 2.23. The van der Waals surface area contributed by atoms with Crippen molar-refractivity contribution >= 4 is 28.8 Å². The smallest absolute Gasteiger partial charge is 0.265 e. The van der Waals surface area contributed by atoms with Gasteiger partial charge >= 0.3 is 0 Å². The van der Waals surface area contributed by atoms with Crippen molar-refractivity contribution in [2.75, 3.05) is 19.6 Å². The Labute approximate surface area is 111 Å². The summed E-state index contributed by atoms with van der Waals surface area (Å²) in [4.78, 5) is 14.8. The Balaban J connectivity index is 2.09. The maximum absolute atomic E-state index is 12.3. The predicted molar refractivity (Wildman–Crippen MR) is 71.6 cm³/mol. The second-order valence-corrected chi connectivity index (χ2v) is 5.93. The Morgan fingerprint density at radius 2 is 2.47 bits per heavy atom. The SMILES string of the molecule is CC1CCN(C(=O)c2sccc2Cl)CC1CN. The van der Waals surface area contributed by atoms with Gasteiger partial charge in [0.05, 0.1) is 5.02 Å². The molecule has 1 aromatic rings. The number of halogens is 1. The lowest BCUT2D eigenvalue weighted by atomic mass is 9.87. The summed E-state index contributed by atoms with van der Waals surface area (Å²) in [7, 11) is 0. The van der Waals surface area contributed by atoms with Gasteiger partial charge < -0.3 is 10.6 Å². The minimum absolute atomic E-state index is 0.0513. The molecule has 17 heavy (non-hydrogen) atoms. The number of carbonyl (C=O) groups excluding carboxylic acids is 1. The summed E-state index contributed by atoms with van der Waals surface area (Å²) >= 11 is 7.40. The highest BCUT2D eigenvalue weighted by atomic mass is 35.5. The number of rotatable bonds is 2. The highest BCUT2D eigenvalue weighted by molar-refractivity contribution is 7.12. The number of hydrogen-bond acceptors (Lipinski definition) is 3. The van der Waals surface area contributed by atoms with E-state index in [2.05, 4.69) is 6.92 Å². The molecule has 94 valence electrons. The average molecular weight is 273 g/mol. The number of carbonyl (C=O) groups is 1. The van der Waals surface area contributed by atoms with E-state index >= 15 is 0 Å². The lowest BCUT2D eigenvalue weighted by molar-refractivity contribution is 0.0623. The Hall–Kier alpha value is -0.580. The van der Waals surface area contributed by atoms with E-state index in [1.165, 1.54) is 11.3 Å². The van der Waals surface area contributed by atoms with E-state index in [0.717, 1.165) is 19.5 Å². The molecule has 1 aliphatic rings. The second-order valence-electron chi connectivity index (χ2n) is 4.61. The molecule has 1 aromatic heterocycles. The van der Waals surface area contributed by atoms with Gasteiger partial charge in [0.2, 0.25) is 0 Å². The zero-order valence-electron chi connectivity index (χ0n) is 9.86. The summed E-state index contributed by atoms with van der Waals surface area (Å²) in [6.45, 7) is 4.41. The maximum atomic E-state index is 12.3. The molecule has 3 nitrogen and oxygen atoms in total. The highest BCUT2D eigenvalue weighted by Gasteiger charge is 2.29. The van der Waals surface area contributed by atoms with Crippen LogP contribution in [0.5, 0.6) is 0 Å². The zero-order chi connectivity index (χ0) is 12.4. The first kappa shape index (κ1) is 12.9. The summed E-state index contributed by atoms with van der Waals surface area (Å²) in [6.07, 6.45) is 1.02. The fraction of sp³-hybridized carbons (Fsp3) is 0.583. The van der Waals surface area contributed by atoms with Gasteiger partial charge in [0.25, 0.3) is 5.91 Å². The van der Waals surface area contributed by atoms with E-state index in [0.29, 0.717) is 28.3 Å². The van der Waals surface area contributed by atoms with Crippen molar-refractivity contribution < 1.29 is 4.79 Å². The normalized spacial score (nSPS) is 25.0. The number of likely N-dealkylation sites (tertiary alicyclic amines) is 1. The largest absolute Gasteiger partial charge is 0.338 e. The maximum Gasteiger partial charge on any atom is 0.265 e. The predicted octanol–water partition coefficient (Wildman–Crippen LogP) is 2.46. The van der Waals surface area contributed by atoms with Gasteiger partial charge in [-0.25, -0.2) is 0 Å². The van der Waals surface area contributed by atoms with Gasteiger partial charge in [0, 0.05) is 13.1 Å². The first-order valence-corrected chi connectivity index (χ1v) is 7.11. The van der Waals surface area contributed by atoms with Gasteiger partial charge in [-0.2, -0.15) is 0 Å². The number of amides is 1. The van der Waals surface area contributed by atoms with Gasteiger partial charge in [-0.15, -0.1) is 11.3 Å². The summed E-state index contributed by atoms with van der Waals surface area (Å²) in [5.41, 5.74) is 5.74. The average Bonchev–Trinajstić information content (AvgIpc) is 2.75. The van der Waals surface area contributed by atoms with Gasteiger partial charge in [0.1, 0.15) is 4.88 Å². The molecule has 2 heterocycles. The van der Waals surface area contributed by atoms with Gasteiger partial charge in [-0.05, 0) is 36.2 Å². The number of nitrogens with two attached hydrogens (primary N) is 1. The molecule has 1 amide bonds. The van der Waals surface area contributed by atoms with Gasteiger partial charge in [0.15, 0.2) is 0 Å². The zero-order valence-corrected chi connectivity index (χ0v) is 11.4. The Morgan fingerprint density at radius 3 is 3.06 bits per heavy atom. The third kappa shape index (κ3) is 2.64. The first-order valence-electron chi connectivity index (χ1n) is 5.85. The molecule has 1 saturated heterocycles. The molecule has 0 aliphatic carbocycles. The lowest BCUT2D eigenvalue weighted by Gasteiger charge is -2.36. The van der Waals surface area contributed by atoms with Gasteiger partial charge in [-0.1, -0.05) is 18.5 Å². The fourth-order valence-corrected chi connectivity index (χ4v) is 3.33. The summed E-state index contributed by atoms with van der Waals surface area (Å²) in [5.74, 6) is 1.06. The standard InChI is InChI=1S/C12H17ClN2OS/c1-8-2-4-15(7-9(8)6-14)12(16)11-10(13)3-5-17-11/h3,5,8-9H,2,4,6-7,14H2,1H3. The van der Waals surface area contributed by atoms with E-state index < -0.39 is 0 Å². The molecule has 1 fully saturated rings. The quantitative estimate of drug-likeness (QED) is 0.899. The highest BCUT2D eigenvalue weighted by Crippen LogP contribution is 2.27. The van der Waals surface area contributed by atoms with Crippen LogP contribution in [-0.4, -0.2) is 30.4 Å². The van der Waals surface area contributed by atoms with Crippen LogP contribution < -0.4 is 5.73 Å². The molecule has 1 aliphatic heterocycles. The van der Waals surface area contributed by atoms with Crippen molar-refractivity contribution in [2.45, 2.75) is 13.3 Å². The summed E-state index contributed by atoms with van der Waals surface area (Å²) in [6, 6.07) is 1.77.